The molecule has 8 heteroatoms. The van der Waals surface area contributed by atoms with Gasteiger partial charge in [0.05, 0.1) is 11.3 Å². The number of aromatic nitrogens is 3. The minimum atomic E-state index is -0.742. The summed E-state index contributed by atoms with van der Waals surface area (Å²) in [6.45, 7) is 2.40. The molecular weight excluding hydrogens is 413 g/mol. The fraction of sp³-hybridized carbons (Fsp3) is 0.526. The third-order valence-corrected chi connectivity index (χ3v) is 6.00. The number of hydrogen-bond donors (Lipinski definition) is 1. The highest BCUT2D eigenvalue weighted by atomic mass is 79.9. The second-order valence-electron chi connectivity index (χ2n) is 7.37. The van der Waals surface area contributed by atoms with Crippen LogP contribution in [0.2, 0.25) is 0 Å². The van der Waals surface area contributed by atoms with Crippen LogP contribution < -0.4 is 10.6 Å². The van der Waals surface area contributed by atoms with Gasteiger partial charge in [0, 0.05) is 36.4 Å². The molecule has 0 aliphatic carbocycles. The number of rotatable bonds is 3. The first-order chi connectivity index (χ1) is 13.0. The Morgan fingerprint density at radius 2 is 2.04 bits per heavy atom. The lowest BCUT2D eigenvalue weighted by atomic mass is 9.95. The van der Waals surface area contributed by atoms with Gasteiger partial charge in [-0.15, -0.1) is 10.2 Å². The van der Waals surface area contributed by atoms with Crippen LogP contribution in [0.5, 0.6) is 0 Å². The summed E-state index contributed by atoms with van der Waals surface area (Å²) >= 11 is 3.33. The van der Waals surface area contributed by atoms with Crippen molar-refractivity contribution in [2.24, 2.45) is 5.73 Å². The first kappa shape index (κ1) is 18.4. The molecule has 2 aliphatic heterocycles. The highest BCUT2D eigenvalue weighted by Gasteiger charge is 2.30. The second-order valence-corrected chi connectivity index (χ2v) is 8.28. The van der Waals surface area contributed by atoms with E-state index < -0.39 is 11.7 Å². The molecule has 27 heavy (non-hydrogen) atoms. The minimum absolute atomic E-state index is 0.0427. The van der Waals surface area contributed by atoms with Crippen molar-refractivity contribution in [1.29, 1.82) is 0 Å². The van der Waals surface area contributed by atoms with Crippen LogP contribution in [0.1, 0.15) is 60.0 Å². The third-order valence-electron chi connectivity index (χ3n) is 5.55. The molecule has 6 nitrogen and oxygen atoms in total. The van der Waals surface area contributed by atoms with Gasteiger partial charge < -0.3 is 15.2 Å². The Hall–Kier alpha value is -1.96. The number of amides is 1. The number of carbonyl (C=O) groups is 1. The topological polar surface area (TPSA) is 77.0 Å². The zero-order chi connectivity index (χ0) is 19.0. The largest absolute Gasteiger partial charge is 0.370 e. The number of piperidine rings is 1. The Morgan fingerprint density at radius 1 is 1.19 bits per heavy atom. The number of carbonyl (C=O) groups excluding carboxylic acids is 1. The molecule has 0 saturated carbocycles. The van der Waals surface area contributed by atoms with E-state index in [2.05, 4.69) is 35.6 Å². The molecular formula is C19H23BrFN5O. The highest BCUT2D eigenvalue weighted by molar-refractivity contribution is 9.10. The van der Waals surface area contributed by atoms with Crippen molar-refractivity contribution in [1.82, 2.24) is 14.8 Å². The molecule has 4 rings (SSSR count). The lowest BCUT2D eigenvalue weighted by Crippen LogP contribution is -2.37. The van der Waals surface area contributed by atoms with Gasteiger partial charge in [0.15, 0.2) is 0 Å². The van der Waals surface area contributed by atoms with E-state index in [1.165, 1.54) is 12.5 Å². The molecule has 1 saturated heterocycles. The van der Waals surface area contributed by atoms with E-state index >= 15 is 0 Å². The predicted molar refractivity (Wildman–Crippen MR) is 104 cm³/mol. The summed E-state index contributed by atoms with van der Waals surface area (Å²) < 4.78 is 17.2. The van der Waals surface area contributed by atoms with Crippen LogP contribution in [0.3, 0.4) is 0 Å². The number of primary amides is 1. The van der Waals surface area contributed by atoms with Crippen LogP contribution in [0.4, 0.5) is 10.1 Å². The normalized spacial score (nSPS) is 20.2. The number of anilines is 1. The molecule has 2 N–H and O–H groups in total. The fourth-order valence-electron chi connectivity index (χ4n) is 4.27. The average Bonchev–Trinajstić information content (AvgIpc) is 2.89. The number of hydrogen-bond acceptors (Lipinski definition) is 4. The number of nitrogens with zero attached hydrogens (tertiary/aromatic N) is 4. The molecule has 144 valence electrons. The van der Waals surface area contributed by atoms with E-state index in [-0.39, 0.29) is 11.5 Å². The number of benzene rings is 1. The maximum absolute atomic E-state index is 14.4. The Kier molecular flexibility index (Phi) is 5.16. The van der Waals surface area contributed by atoms with E-state index in [0.29, 0.717) is 16.7 Å². The molecule has 2 aromatic rings. The van der Waals surface area contributed by atoms with Gasteiger partial charge in [0.1, 0.15) is 17.5 Å². The molecule has 0 radical (unpaired) electrons. The summed E-state index contributed by atoms with van der Waals surface area (Å²) in [5.74, 6) is 0.971. The van der Waals surface area contributed by atoms with Gasteiger partial charge in [-0.05, 0) is 37.8 Å². The molecule has 0 bridgehead atoms. The molecule has 3 heterocycles. The maximum atomic E-state index is 14.4. The van der Waals surface area contributed by atoms with E-state index in [9.17, 15) is 9.18 Å². The van der Waals surface area contributed by atoms with Crippen molar-refractivity contribution in [3.63, 3.8) is 0 Å². The molecule has 1 aromatic carbocycles. The third kappa shape index (κ3) is 3.59. The summed E-state index contributed by atoms with van der Waals surface area (Å²) in [7, 11) is 0. The maximum Gasteiger partial charge on any atom is 0.253 e. The van der Waals surface area contributed by atoms with Crippen LogP contribution in [0, 0.1) is 5.82 Å². The fourth-order valence-corrected chi connectivity index (χ4v) is 4.69. The smallest absolute Gasteiger partial charge is 0.253 e. The molecule has 0 spiro atoms. The summed E-state index contributed by atoms with van der Waals surface area (Å²) in [5, 5.41) is 8.91. The summed E-state index contributed by atoms with van der Waals surface area (Å²) in [5.41, 5.74) is 5.97. The number of nitrogens with two attached hydrogens (primary N) is 1. The summed E-state index contributed by atoms with van der Waals surface area (Å²) in [4.78, 5) is 13.9. The van der Waals surface area contributed by atoms with Crippen molar-refractivity contribution in [2.45, 2.75) is 51.0 Å². The minimum Gasteiger partial charge on any atom is -0.370 e. The van der Waals surface area contributed by atoms with Gasteiger partial charge in [-0.2, -0.15) is 0 Å². The molecule has 1 unspecified atom stereocenters. The van der Waals surface area contributed by atoms with Gasteiger partial charge in [-0.3, -0.25) is 4.79 Å². The molecule has 1 amide bonds. The molecule has 2 aliphatic rings. The zero-order valence-electron chi connectivity index (χ0n) is 15.1. The first-order valence-corrected chi connectivity index (χ1v) is 10.3. The van der Waals surface area contributed by atoms with Gasteiger partial charge in [-0.25, -0.2) is 4.39 Å². The Bertz CT molecular complexity index is 868. The second kappa shape index (κ2) is 7.58. The zero-order valence-corrected chi connectivity index (χ0v) is 16.7. The first-order valence-electron chi connectivity index (χ1n) is 9.50. The van der Waals surface area contributed by atoms with Crippen LogP contribution in [0.25, 0.3) is 0 Å². The summed E-state index contributed by atoms with van der Waals surface area (Å²) in [6, 6.07) is 3.05. The Morgan fingerprint density at radius 3 is 2.85 bits per heavy atom. The predicted octanol–water partition coefficient (Wildman–Crippen LogP) is 3.39. The molecule has 1 aromatic heterocycles. The van der Waals surface area contributed by atoms with Crippen molar-refractivity contribution >= 4 is 27.5 Å². The van der Waals surface area contributed by atoms with Crippen LogP contribution in [0.15, 0.2) is 16.6 Å². The SMILES string of the molecule is NC(=O)c1c(F)cc(Br)cc1N1CCCC(c2nnc3n2CCCCC3)C1. The van der Waals surface area contributed by atoms with Gasteiger partial charge >= 0.3 is 0 Å². The highest BCUT2D eigenvalue weighted by Crippen LogP contribution is 2.34. The van der Waals surface area contributed by atoms with Gasteiger partial charge in [0.2, 0.25) is 0 Å². The number of fused-ring (bicyclic) bond motifs is 1. The molecule has 1 fully saturated rings. The van der Waals surface area contributed by atoms with Crippen molar-refractivity contribution in [2.75, 3.05) is 18.0 Å². The van der Waals surface area contributed by atoms with Gasteiger partial charge in [0.25, 0.3) is 5.91 Å². The van der Waals surface area contributed by atoms with Crippen LogP contribution in [-0.2, 0) is 13.0 Å². The number of aryl methyl sites for hydroxylation is 1. The van der Waals surface area contributed by atoms with Crippen molar-refractivity contribution in [3.8, 4) is 0 Å². The number of halogens is 2. The molecule has 1 atom stereocenters. The van der Waals surface area contributed by atoms with Crippen LogP contribution in [-0.4, -0.2) is 33.8 Å². The average molecular weight is 436 g/mol. The Balaban J connectivity index is 1.65. The summed E-state index contributed by atoms with van der Waals surface area (Å²) in [6.07, 6.45) is 6.46. The van der Waals surface area contributed by atoms with Crippen molar-refractivity contribution < 1.29 is 9.18 Å². The van der Waals surface area contributed by atoms with E-state index in [1.807, 2.05) is 0 Å². The quantitative estimate of drug-likeness (QED) is 0.801. The lowest BCUT2D eigenvalue weighted by Gasteiger charge is -2.35. The van der Waals surface area contributed by atoms with Gasteiger partial charge in [-0.1, -0.05) is 22.4 Å². The Labute approximate surface area is 166 Å². The van der Waals surface area contributed by atoms with E-state index in [4.69, 9.17) is 5.73 Å². The van der Waals surface area contributed by atoms with E-state index in [1.54, 1.807) is 6.07 Å². The van der Waals surface area contributed by atoms with E-state index in [0.717, 1.165) is 56.8 Å². The lowest BCUT2D eigenvalue weighted by molar-refractivity contribution is 0.0997. The van der Waals surface area contributed by atoms with Crippen LogP contribution >= 0.6 is 15.9 Å². The monoisotopic (exact) mass is 435 g/mol. The standard InChI is InChI=1S/C19H23BrFN5O/c20-13-9-14(21)17(18(22)27)15(10-13)25-7-4-5-12(11-25)19-24-23-16-6-2-1-3-8-26(16)19/h9-10,12H,1-8,11H2,(H2,22,27). The van der Waals surface area contributed by atoms with Crippen molar-refractivity contribution in [3.05, 3.63) is 39.6 Å².